The van der Waals surface area contributed by atoms with E-state index >= 15 is 0 Å². The van der Waals surface area contributed by atoms with Gasteiger partial charge in [-0.1, -0.05) is 0 Å². The van der Waals surface area contributed by atoms with Gasteiger partial charge in [-0.2, -0.15) is 5.10 Å². The Morgan fingerprint density at radius 1 is 1.24 bits per heavy atom. The molecule has 1 aliphatic carbocycles. The van der Waals surface area contributed by atoms with Crippen LogP contribution in [0.5, 0.6) is 0 Å². The SMILES string of the molecule is O=C(O)[C@H]1CN(Cc2cc(C3CC3)n[nH]2)CCN(c2ncccn2)C1. The summed E-state index contributed by atoms with van der Waals surface area (Å²) < 4.78 is 0. The monoisotopic (exact) mass is 342 g/mol. The number of anilines is 1. The van der Waals surface area contributed by atoms with E-state index in [0.29, 0.717) is 38.0 Å². The molecule has 0 unspecified atom stereocenters. The Labute approximate surface area is 145 Å². The van der Waals surface area contributed by atoms with Crippen LogP contribution in [0.15, 0.2) is 24.5 Å². The first-order valence-electron chi connectivity index (χ1n) is 8.70. The smallest absolute Gasteiger partial charge is 0.309 e. The minimum absolute atomic E-state index is 0.423. The van der Waals surface area contributed by atoms with Crippen molar-refractivity contribution in [2.45, 2.75) is 25.3 Å². The lowest BCUT2D eigenvalue weighted by molar-refractivity contribution is -0.141. The Hall–Kier alpha value is -2.48. The van der Waals surface area contributed by atoms with Crippen molar-refractivity contribution in [2.24, 2.45) is 5.92 Å². The summed E-state index contributed by atoms with van der Waals surface area (Å²) in [6.45, 7) is 3.09. The number of carbonyl (C=O) groups is 1. The van der Waals surface area contributed by atoms with Gasteiger partial charge >= 0.3 is 5.97 Å². The predicted molar refractivity (Wildman–Crippen MR) is 91.2 cm³/mol. The van der Waals surface area contributed by atoms with E-state index in [2.05, 4.69) is 31.1 Å². The number of aromatic amines is 1. The van der Waals surface area contributed by atoms with Gasteiger partial charge in [0.25, 0.3) is 0 Å². The molecule has 25 heavy (non-hydrogen) atoms. The maximum atomic E-state index is 11.7. The Morgan fingerprint density at radius 3 is 2.76 bits per heavy atom. The summed E-state index contributed by atoms with van der Waals surface area (Å²) in [5.74, 6) is -0.0481. The van der Waals surface area contributed by atoms with Gasteiger partial charge in [0.05, 0.1) is 11.6 Å². The molecule has 0 spiro atoms. The summed E-state index contributed by atoms with van der Waals surface area (Å²) in [6, 6.07) is 3.88. The molecule has 132 valence electrons. The van der Waals surface area contributed by atoms with Gasteiger partial charge in [0.15, 0.2) is 0 Å². The maximum absolute atomic E-state index is 11.7. The molecule has 2 fully saturated rings. The van der Waals surface area contributed by atoms with Crippen LogP contribution in [0, 0.1) is 5.92 Å². The van der Waals surface area contributed by atoms with Crippen LogP contribution in [0.1, 0.15) is 30.1 Å². The molecule has 8 heteroatoms. The number of carboxylic acid groups (broad SMARTS) is 1. The van der Waals surface area contributed by atoms with Gasteiger partial charge in [-0.25, -0.2) is 9.97 Å². The van der Waals surface area contributed by atoms with Crippen molar-refractivity contribution in [3.05, 3.63) is 35.9 Å². The average molecular weight is 342 g/mol. The number of nitrogens with one attached hydrogen (secondary N) is 1. The van der Waals surface area contributed by atoms with E-state index in [4.69, 9.17) is 0 Å². The molecule has 1 aliphatic heterocycles. The second-order valence-electron chi connectivity index (χ2n) is 6.86. The number of hydrogen-bond donors (Lipinski definition) is 2. The molecule has 2 aromatic rings. The van der Waals surface area contributed by atoms with Crippen molar-refractivity contribution in [1.29, 1.82) is 0 Å². The number of rotatable bonds is 5. The second kappa shape index (κ2) is 6.79. The molecule has 3 heterocycles. The van der Waals surface area contributed by atoms with Gasteiger partial charge < -0.3 is 10.0 Å². The van der Waals surface area contributed by atoms with Crippen LogP contribution in [0.25, 0.3) is 0 Å². The van der Waals surface area contributed by atoms with Gasteiger partial charge in [0, 0.05) is 56.7 Å². The number of nitrogens with zero attached hydrogens (tertiary/aromatic N) is 5. The van der Waals surface area contributed by atoms with Crippen LogP contribution in [-0.2, 0) is 11.3 Å². The standard InChI is InChI=1S/C17H22N6O2/c24-16(25)13-9-22(11-14-8-15(21-20-14)12-2-3-12)6-7-23(10-13)17-18-4-1-5-19-17/h1,4-5,8,12-13H,2-3,6-7,9-11H2,(H,20,21)(H,24,25)/t13-/m0/s1. The quantitative estimate of drug-likeness (QED) is 0.839. The van der Waals surface area contributed by atoms with Crippen molar-refractivity contribution in [1.82, 2.24) is 25.1 Å². The Morgan fingerprint density at radius 2 is 2.04 bits per heavy atom. The molecule has 4 rings (SSSR count). The fraction of sp³-hybridized carbons (Fsp3) is 0.529. The first-order valence-corrected chi connectivity index (χ1v) is 8.70. The lowest BCUT2D eigenvalue weighted by Gasteiger charge is -2.21. The highest BCUT2D eigenvalue weighted by molar-refractivity contribution is 5.71. The molecule has 1 saturated heterocycles. The molecule has 0 aromatic carbocycles. The molecule has 2 aliphatic rings. The summed E-state index contributed by atoms with van der Waals surface area (Å²) in [5, 5.41) is 17.1. The van der Waals surface area contributed by atoms with E-state index in [9.17, 15) is 9.90 Å². The van der Waals surface area contributed by atoms with Crippen LogP contribution in [0.4, 0.5) is 5.95 Å². The highest BCUT2D eigenvalue weighted by atomic mass is 16.4. The van der Waals surface area contributed by atoms with E-state index in [-0.39, 0.29) is 0 Å². The third-order valence-electron chi connectivity index (χ3n) is 4.83. The third-order valence-corrected chi connectivity index (χ3v) is 4.83. The van der Waals surface area contributed by atoms with Gasteiger partial charge in [-0.15, -0.1) is 0 Å². The number of aliphatic carboxylic acids is 1. The lowest BCUT2D eigenvalue weighted by Crippen LogP contribution is -2.35. The van der Waals surface area contributed by atoms with Crippen LogP contribution in [0.3, 0.4) is 0 Å². The van der Waals surface area contributed by atoms with Crippen LogP contribution >= 0.6 is 0 Å². The van der Waals surface area contributed by atoms with Gasteiger partial charge in [0.2, 0.25) is 5.95 Å². The first kappa shape index (κ1) is 16.0. The van der Waals surface area contributed by atoms with Crippen molar-refractivity contribution >= 4 is 11.9 Å². The Balaban J connectivity index is 1.46. The van der Waals surface area contributed by atoms with E-state index in [1.807, 2.05) is 4.90 Å². The van der Waals surface area contributed by atoms with E-state index < -0.39 is 11.9 Å². The van der Waals surface area contributed by atoms with Crippen molar-refractivity contribution in [2.75, 3.05) is 31.1 Å². The summed E-state index contributed by atoms with van der Waals surface area (Å²) in [4.78, 5) is 24.3. The molecule has 8 nitrogen and oxygen atoms in total. The minimum Gasteiger partial charge on any atom is -0.481 e. The summed E-state index contributed by atoms with van der Waals surface area (Å²) in [6.07, 6.45) is 5.82. The van der Waals surface area contributed by atoms with Crippen molar-refractivity contribution in [3.63, 3.8) is 0 Å². The van der Waals surface area contributed by atoms with Crippen LogP contribution < -0.4 is 4.90 Å². The predicted octanol–water partition coefficient (Wildman–Crippen LogP) is 1.10. The first-order chi connectivity index (χ1) is 12.2. The average Bonchev–Trinajstić information content (AvgIpc) is 3.40. The normalized spacial score (nSPS) is 21.9. The largest absolute Gasteiger partial charge is 0.481 e. The molecule has 2 aromatic heterocycles. The fourth-order valence-electron chi connectivity index (χ4n) is 3.31. The topological polar surface area (TPSA) is 98.2 Å². The highest BCUT2D eigenvalue weighted by Crippen LogP contribution is 2.39. The number of hydrogen-bond acceptors (Lipinski definition) is 6. The third kappa shape index (κ3) is 3.79. The minimum atomic E-state index is -0.781. The van der Waals surface area contributed by atoms with Crippen LogP contribution in [-0.4, -0.2) is 62.3 Å². The van der Waals surface area contributed by atoms with Crippen LogP contribution in [0.2, 0.25) is 0 Å². The molecule has 2 N–H and O–H groups in total. The zero-order valence-corrected chi connectivity index (χ0v) is 14.0. The van der Waals surface area contributed by atoms with Crippen molar-refractivity contribution < 1.29 is 9.90 Å². The molecule has 0 radical (unpaired) electrons. The number of aromatic nitrogens is 4. The molecule has 0 amide bonds. The zero-order valence-electron chi connectivity index (χ0n) is 14.0. The number of H-pyrrole nitrogens is 1. The Kier molecular flexibility index (Phi) is 4.35. The molecule has 1 atom stereocenters. The molecular weight excluding hydrogens is 320 g/mol. The summed E-state index contributed by atoms with van der Waals surface area (Å²) in [5.41, 5.74) is 2.19. The highest BCUT2D eigenvalue weighted by Gasteiger charge is 2.30. The van der Waals surface area contributed by atoms with E-state index in [1.165, 1.54) is 12.8 Å². The zero-order chi connectivity index (χ0) is 17.2. The molecule has 1 saturated carbocycles. The van der Waals surface area contributed by atoms with E-state index in [1.54, 1.807) is 18.5 Å². The van der Waals surface area contributed by atoms with Gasteiger partial charge in [-0.3, -0.25) is 14.8 Å². The van der Waals surface area contributed by atoms with Gasteiger partial charge in [0.1, 0.15) is 0 Å². The van der Waals surface area contributed by atoms with Gasteiger partial charge in [-0.05, 0) is 25.0 Å². The summed E-state index contributed by atoms with van der Waals surface area (Å²) in [7, 11) is 0. The fourth-order valence-corrected chi connectivity index (χ4v) is 3.31. The maximum Gasteiger partial charge on any atom is 0.309 e. The Bertz CT molecular complexity index is 730. The molecule has 0 bridgehead atoms. The van der Waals surface area contributed by atoms with Crippen molar-refractivity contribution in [3.8, 4) is 0 Å². The second-order valence-corrected chi connectivity index (χ2v) is 6.86. The summed E-state index contributed by atoms with van der Waals surface area (Å²) >= 11 is 0. The number of carboxylic acids is 1. The molecular formula is C17H22N6O2. The lowest BCUT2D eigenvalue weighted by atomic mass is 10.1. The van der Waals surface area contributed by atoms with E-state index in [0.717, 1.165) is 17.9 Å².